The fraction of sp³-hybridized carbons (Fsp3) is 0.500. The molecule has 0 aliphatic heterocycles. The Morgan fingerprint density at radius 1 is 1.60 bits per heavy atom. The van der Waals surface area contributed by atoms with Crippen molar-refractivity contribution >= 4 is 29.6 Å². The van der Waals surface area contributed by atoms with Crippen molar-refractivity contribution in [1.82, 2.24) is 0 Å². The van der Waals surface area contributed by atoms with Crippen LogP contribution in [-0.2, 0) is 13.9 Å². The average molecular weight is 246 g/mol. The standard InChI is InChI=1S/C10H15O3PS/c1-2-3-7-13-14(12,8-6-11)10-5-4-9-15-10/h4-6,9H,2-3,7-8H2,1H3. The van der Waals surface area contributed by atoms with Gasteiger partial charge in [0.25, 0.3) is 0 Å². The molecule has 3 nitrogen and oxygen atoms in total. The Morgan fingerprint density at radius 2 is 2.40 bits per heavy atom. The van der Waals surface area contributed by atoms with Crippen molar-refractivity contribution in [2.24, 2.45) is 0 Å². The third kappa shape index (κ3) is 3.56. The molecule has 1 unspecified atom stereocenters. The number of unbranched alkanes of at least 4 members (excludes halogenated alkanes) is 1. The predicted molar refractivity (Wildman–Crippen MR) is 63.4 cm³/mol. The van der Waals surface area contributed by atoms with Gasteiger partial charge in [0.2, 0.25) is 7.37 Å². The molecule has 0 aliphatic rings. The van der Waals surface area contributed by atoms with Crippen molar-refractivity contribution in [1.29, 1.82) is 0 Å². The highest BCUT2D eigenvalue weighted by Crippen LogP contribution is 2.46. The van der Waals surface area contributed by atoms with E-state index < -0.39 is 7.37 Å². The molecule has 0 radical (unpaired) electrons. The Labute approximate surface area is 93.9 Å². The summed E-state index contributed by atoms with van der Waals surface area (Å²) in [6.07, 6.45) is 2.52. The van der Waals surface area contributed by atoms with Crippen LogP contribution in [0.1, 0.15) is 19.8 Å². The Morgan fingerprint density at radius 3 is 2.93 bits per heavy atom. The highest BCUT2D eigenvalue weighted by atomic mass is 32.1. The van der Waals surface area contributed by atoms with Gasteiger partial charge in [0, 0.05) is 0 Å². The van der Waals surface area contributed by atoms with Gasteiger partial charge in [-0.3, -0.25) is 4.57 Å². The van der Waals surface area contributed by atoms with E-state index >= 15 is 0 Å². The molecule has 15 heavy (non-hydrogen) atoms. The molecule has 0 saturated heterocycles. The van der Waals surface area contributed by atoms with E-state index in [0.717, 1.165) is 12.8 Å². The second-order valence-electron chi connectivity index (χ2n) is 3.16. The van der Waals surface area contributed by atoms with Crippen molar-refractivity contribution in [3.8, 4) is 0 Å². The molecule has 0 N–H and O–H groups in total. The lowest BCUT2D eigenvalue weighted by Crippen LogP contribution is -2.08. The fourth-order valence-electron chi connectivity index (χ4n) is 1.12. The largest absolute Gasteiger partial charge is 0.324 e. The van der Waals surface area contributed by atoms with E-state index in [1.807, 2.05) is 18.4 Å². The molecule has 0 aliphatic carbocycles. The van der Waals surface area contributed by atoms with Crippen LogP contribution in [0, 0.1) is 0 Å². The van der Waals surface area contributed by atoms with Crippen molar-refractivity contribution in [3.63, 3.8) is 0 Å². The van der Waals surface area contributed by atoms with Gasteiger partial charge in [-0.25, -0.2) is 0 Å². The SMILES string of the molecule is CCCCOP(=O)(CC=O)c1cccs1. The molecule has 0 amide bonds. The van der Waals surface area contributed by atoms with Gasteiger partial charge in [-0.2, -0.15) is 0 Å². The lowest BCUT2D eigenvalue weighted by atomic mass is 10.4. The summed E-state index contributed by atoms with van der Waals surface area (Å²) in [7, 11) is -2.90. The zero-order valence-electron chi connectivity index (χ0n) is 8.72. The first kappa shape index (κ1) is 12.6. The lowest BCUT2D eigenvalue weighted by Gasteiger charge is -2.14. The first-order valence-electron chi connectivity index (χ1n) is 4.94. The number of thiophene rings is 1. The molecule has 1 aromatic rings. The van der Waals surface area contributed by atoms with Crippen LogP contribution in [0.4, 0.5) is 0 Å². The minimum Gasteiger partial charge on any atom is -0.324 e. The molecule has 84 valence electrons. The predicted octanol–water partition coefficient (Wildman–Crippen LogP) is 2.67. The Bertz CT molecular complexity index is 334. The summed E-state index contributed by atoms with van der Waals surface area (Å²) in [5, 5.41) is 1.84. The number of hydrogen-bond acceptors (Lipinski definition) is 4. The maximum atomic E-state index is 12.3. The van der Waals surface area contributed by atoms with Crippen LogP contribution in [0.5, 0.6) is 0 Å². The van der Waals surface area contributed by atoms with Gasteiger partial charge in [-0.15, -0.1) is 11.3 Å². The number of rotatable bonds is 7. The van der Waals surface area contributed by atoms with E-state index in [9.17, 15) is 9.36 Å². The summed E-state index contributed by atoms with van der Waals surface area (Å²) in [4.78, 5) is 10.5. The smallest absolute Gasteiger partial charge is 0.248 e. The third-order valence-electron chi connectivity index (χ3n) is 1.95. The summed E-state index contributed by atoms with van der Waals surface area (Å²) < 4.78 is 18.4. The van der Waals surface area contributed by atoms with Crippen LogP contribution in [0.3, 0.4) is 0 Å². The molecule has 0 bridgehead atoms. The van der Waals surface area contributed by atoms with Crippen LogP contribution in [0.25, 0.3) is 0 Å². The van der Waals surface area contributed by atoms with Crippen LogP contribution in [-0.4, -0.2) is 19.1 Å². The zero-order chi connectivity index (χ0) is 11.1. The maximum absolute atomic E-state index is 12.3. The molecule has 0 aromatic carbocycles. The maximum Gasteiger partial charge on any atom is 0.248 e. The molecule has 0 fully saturated rings. The second kappa shape index (κ2) is 6.21. The van der Waals surface area contributed by atoms with Crippen molar-refractivity contribution in [2.75, 3.05) is 12.8 Å². The monoisotopic (exact) mass is 246 g/mol. The molecule has 1 rings (SSSR count). The molecule has 0 spiro atoms. The van der Waals surface area contributed by atoms with Gasteiger partial charge in [-0.1, -0.05) is 19.4 Å². The average Bonchev–Trinajstić information content (AvgIpc) is 2.72. The van der Waals surface area contributed by atoms with Crippen molar-refractivity contribution < 1.29 is 13.9 Å². The number of carbonyl (C=O) groups is 1. The van der Waals surface area contributed by atoms with Crippen molar-refractivity contribution in [2.45, 2.75) is 19.8 Å². The molecule has 1 aromatic heterocycles. The first-order chi connectivity index (χ1) is 7.23. The number of carbonyl (C=O) groups excluding carboxylic acids is 1. The summed E-state index contributed by atoms with van der Waals surface area (Å²) in [5.74, 6) is 0. The quantitative estimate of drug-likeness (QED) is 0.422. The summed E-state index contributed by atoms with van der Waals surface area (Å²) in [6.45, 7) is 2.50. The highest BCUT2D eigenvalue weighted by molar-refractivity contribution is 7.73. The lowest BCUT2D eigenvalue weighted by molar-refractivity contribution is -0.105. The molecule has 1 atom stereocenters. The van der Waals surface area contributed by atoms with Crippen LogP contribution < -0.4 is 4.62 Å². The van der Waals surface area contributed by atoms with E-state index in [-0.39, 0.29) is 6.16 Å². The van der Waals surface area contributed by atoms with E-state index in [2.05, 4.69) is 0 Å². The van der Waals surface area contributed by atoms with E-state index in [1.54, 1.807) is 6.07 Å². The molecular weight excluding hydrogens is 231 g/mol. The Kier molecular flexibility index (Phi) is 5.23. The number of aldehydes is 1. The van der Waals surface area contributed by atoms with E-state index in [4.69, 9.17) is 4.52 Å². The fourth-order valence-corrected chi connectivity index (χ4v) is 4.13. The van der Waals surface area contributed by atoms with Gasteiger partial charge in [0.1, 0.15) is 6.29 Å². The summed E-state index contributed by atoms with van der Waals surface area (Å²) >= 11 is 1.38. The molecular formula is C10H15O3PS. The van der Waals surface area contributed by atoms with Gasteiger partial charge in [-0.05, 0) is 17.9 Å². The number of hydrogen-bond donors (Lipinski definition) is 0. The third-order valence-corrected chi connectivity index (χ3v) is 5.83. The Balaban J connectivity index is 2.70. The zero-order valence-corrected chi connectivity index (χ0v) is 10.4. The molecule has 0 saturated carbocycles. The molecule has 1 heterocycles. The Hall–Kier alpha value is -0.440. The van der Waals surface area contributed by atoms with Gasteiger partial charge in [0.05, 0.1) is 17.4 Å². The van der Waals surface area contributed by atoms with Gasteiger partial charge >= 0.3 is 0 Å². The minimum absolute atomic E-state index is 0.0166. The summed E-state index contributed by atoms with van der Waals surface area (Å²) in [5.41, 5.74) is 0. The minimum atomic E-state index is -2.90. The van der Waals surface area contributed by atoms with Gasteiger partial charge < -0.3 is 9.32 Å². The van der Waals surface area contributed by atoms with E-state index in [0.29, 0.717) is 17.5 Å². The topological polar surface area (TPSA) is 43.4 Å². The second-order valence-corrected chi connectivity index (χ2v) is 6.86. The summed E-state index contributed by atoms with van der Waals surface area (Å²) in [6, 6.07) is 3.58. The van der Waals surface area contributed by atoms with Crippen LogP contribution in [0.15, 0.2) is 17.5 Å². The van der Waals surface area contributed by atoms with Crippen LogP contribution in [0.2, 0.25) is 0 Å². The van der Waals surface area contributed by atoms with Crippen molar-refractivity contribution in [3.05, 3.63) is 17.5 Å². The first-order valence-corrected chi connectivity index (χ1v) is 7.63. The normalized spacial score (nSPS) is 14.7. The van der Waals surface area contributed by atoms with Crippen LogP contribution >= 0.6 is 18.7 Å². The molecule has 5 heteroatoms. The van der Waals surface area contributed by atoms with E-state index in [1.165, 1.54) is 11.3 Å². The highest BCUT2D eigenvalue weighted by Gasteiger charge is 2.26. The van der Waals surface area contributed by atoms with Gasteiger partial charge in [0.15, 0.2) is 0 Å².